The molecule has 0 heterocycles. The molecule has 0 unspecified atom stereocenters. The topological polar surface area (TPSA) is 63.2 Å². The molecule has 0 aromatic rings. The predicted octanol–water partition coefficient (Wildman–Crippen LogP) is -0.863. The molecule has 0 spiro atoms. The van der Waals surface area contributed by atoms with Gasteiger partial charge in [0.05, 0.1) is 0 Å². The first-order valence-electron chi connectivity index (χ1n) is 2.72. The zero-order chi connectivity index (χ0) is 9.54. The molecule has 63 valence electrons. The Morgan fingerprint density at radius 1 is 1.27 bits per heavy atom. The van der Waals surface area contributed by atoms with E-state index in [0.717, 1.165) is 38.0 Å². The molecule has 0 atom stereocenters. The van der Waals surface area contributed by atoms with E-state index in [2.05, 4.69) is 12.2 Å². The molecule has 3 nitrogen and oxygen atoms in total. The van der Waals surface area contributed by atoms with Crippen molar-refractivity contribution in [1.29, 1.82) is 0 Å². The molecule has 0 radical (unpaired) electrons. The van der Waals surface area contributed by atoms with Crippen LogP contribution in [0.3, 0.4) is 0 Å². The summed E-state index contributed by atoms with van der Waals surface area (Å²) in [6.45, 7) is 0. The third kappa shape index (κ3) is 25.9. The molecule has 0 aliphatic heterocycles. The van der Waals surface area contributed by atoms with Gasteiger partial charge in [-0.1, -0.05) is 0 Å². The molecule has 0 N–H and O–H groups in total. The van der Waals surface area contributed by atoms with Gasteiger partial charge in [0.25, 0.3) is 0 Å². The minimum atomic E-state index is 0.750. The van der Waals surface area contributed by atoms with Crippen LogP contribution in [0.2, 0.25) is 0 Å². The molecular formula is C7H11O3V-. The summed E-state index contributed by atoms with van der Waals surface area (Å²) >= 11 is 1.06. The second kappa shape index (κ2) is 33.0. The number of hydrogen-bond acceptors (Lipinski definition) is 3. The van der Waals surface area contributed by atoms with Crippen LogP contribution in [0.4, 0.5) is 0 Å². The average Bonchev–Trinajstić information content (AvgIpc) is 2.71. The van der Waals surface area contributed by atoms with Crippen LogP contribution in [0, 0.1) is 6.08 Å². The van der Waals surface area contributed by atoms with Gasteiger partial charge >= 0.3 is 21.0 Å². The van der Waals surface area contributed by atoms with Gasteiger partial charge in [-0.05, 0) is 0 Å². The Labute approximate surface area is 76.6 Å². The Kier molecular flexibility index (Phi) is 51.1. The van der Waals surface area contributed by atoms with E-state index in [1.54, 1.807) is 0 Å². The van der Waals surface area contributed by atoms with Crippen LogP contribution in [0.1, 0.15) is 6.42 Å². The summed E-state index contributed by atoms with van der Waals surface area (Å²) in [5, 5.41) is 16.5. The second-order valence-corrected chi connectivity index (χ2v) is 1.00. The van der Waals surface area contributed by atoms with E-state index < -0.39 is 0 Å². The van der Waals surface area contributed by atoms with Crippen molar-refractivity contribution in [2.24, 2.45) is 0 Å². The van der Waals surface area contributed by atoms with Gasteiger partial charge in [-0.25, -0.2) is 12.2 Å². The second-order valence-electron chi connectivity index (χ2n) is 1.00. The molecule has 4 heteroatoms. The third-order valence-corrected chi connectivity index (χ3v) is 0.586. The van der Waals surface area contributed by atoms with Crippen LogP contribution in [-0.4, -0.2) is 14.2 Å². The molecule has 0 amide bonds. The first-order valence-corrected chi connectivity index (χ1v) is 3.29. The number of hydrogen-bond donors (Lipinski definition) is 0. The average molecular weight is 194 g/mol. The van der Waals surface area contributed by atoms with Crippen LogP contribution in [0.5, 0.6) is 0 Å². The Bertz CT molecular complexity index is 81.7. The van der Waals surface area contributed by atoms with E-state index >= 15 is 0 Å². The zero-order valence-corrected chi connectivity index (χ0v) is 8.01. The van der Waals surface area contributed by atoms with Crippen molar-refractivity contribution >= 4 is 0 Å². The van der Waals surface area contributed by atoms with Crippen LogP contribution >= 0.6 is 0 Å². The molecule has 1 rings (SSSR count). The molecule has 0 saturated heterocycles. The van der Waals surface area contributed by atoms with Gasteiger partial charge in [-0.15, -0.1) is 6.42 Å². The molecule has 11 heavy (non-hydrogen) atoms. The van der Waals surface area contributed by atoms with Gasteiger partial charge in [0.2, 0.25) is 0 Å². The van der Waals surface area contributed by atoms with Crippen molar-refractivity contribution in [2.45, 2.75) is 6.42 Å². The SMILES string of the molecule is C[O-].C[O-].[C-]1=CC=CC1.[O]=[V+2]. The maximum absolute atomic E-state index is 8.25. The molecule has 0 aromatic heterocycles. The standard InChI is InChI=1S/C5H5.2CH3O.O.V/c1-2-4-5-3-1;2*1-2;;/h1-3H,4H2;2*1H3;;/q3*-1;;+2. The maximum atomic E-state index is 8.25. The molecule has 1 aliphatic carbocycles. The predicted molar refractivity (Wildman–Crippen MR) is 34.1 cm³/mol. The summed E-state index contributed by atoms with van der Waals surface area (Å²) < 4.78 is 8.19. The summed E-state index contributed by atoms with van der Waals surface area (Å²) in [6, 6.07) is 0. The van der Waals surface area contributed by atoms with Crippen molar-refractivity contribution in [3.8, 4) is 0 Å². The molecule has 0 bridgehead atoms. The number of rotatable bonds is 0. The van der Waals surface area contributed by atoms with Gasteiger partial charge < -0.3 is 10.2 Å². The van der Waals surface area contributed by atoms with Crippen molar-refractivity contribution in [1.82, 2.24) is 0 Å². The summed E-state index contributed by atoms with van der Waals surface area (Å²) in [5.41, 5.74) is 0. The fourth-order valence-corrected chi connectivity index (χ4v) is 0.340. The van der Waals surface area contributed by atoms with Gasteiger partial charge in [-0.2, -0.15) is 20.3 Å². The van der Waals surface area contributed by atoms with Crippen LogP contribution in [0.25, 0.3) is 0 Å². The van der Waals surface area contributed by atoms with E-state index in [9.17, 15) is 0 Å². The monoisotopic (exact) mass is 194 g/mol. The first kappa shape index (κ1) is 17.0. The molecule has 0 saturated carbocycles. The van der Waals surface area contributed by atoms with Crippen LogP contribution < -0.4 is 10.2 Å². The Hall–Kier alpha value is -0.216. The van der Waals surface area contributed by atoms with Gasteiger partial charge in [0.15, 0.2) is 0 Å². The molecule has 0 fully saturated rings. The zero-order valence-electron chi connectivity index (χ0n) is 6.61. The van der Waals surface area contributed by atoms with Crippen molar-refractivity contribution in [2.75, 3.05) is 14.2 Å². The Morgan fingerprint density at radius 2 is 1.73 bits per heavy atom. The van der Waals surface area contributed by atoms with E-state index in [1.807, 2.05) is 12.2 Å². The van der Waals surface area contributed by atoms with Gasteiger partial charge in [0.1, 0.15) is 0 Å². The number of allylic oxidation sites excluding steroid dienone is 4. The molecular weight excluding hydrogens is 183 g/mol. The van der Waals surface area contributed by atoms with Crippen LogP contribution in [0.15, 0.2) is 18.2 Å². The Morgan fingerprint density at radius 3 is 1.82 bits per heavy atom. The summed E-state index contributed by atoms with van der Waals surface area (Å²) in [6.07, 6.45) is 10.0. The minimum absolute atomic E-state index is 0.750. The van der Waals surface area contributed by atoms with E-state index in [-0.39, 0.29) is 0 Å². The van der Waals surface area contributed by atoms with E-state index in [4.69, 9.17) is 13.9 Å². The fraction of sp³-hybridized carbons (Fsp3) is 0.429. The van der Waals surface area contributed by atoms with Crippen molar-refractivity contribution < 1.29 is 31.3 Å². The fourth-order valence-electron chi connectivity index (χ4n) is 0.340. The molecule has 0 aromatic carbocycles. The first-order chi connectivity index (χ1) is 5.50. The normalized spacial score (nSPS) is 9.64. The molecule has 1 aliphatic rings. The van der Waals surface area contributed by atoms with Crippen molar-refractivity contribution in [3.63, 3.8) is 0 Å². The quantitative estimate of drug-likeness (QED) is 0.471. The summed E-state index contributed by atoms with van der Waals surface area (Å²) in [7, 11) is 1.50. The van der Waals surface area contributed by atoms with Crippen molar-refractivity contribution in [3.05, 3.63) is 24.3 Å². The Balaban J connectivity index is -0.0000000933. The van der Waals surface area contributed by atoms with E-state index in [1.165, 1.54) is 0 Å². The van der Waals surface area contributed by atoms with E-state index in [0.29, 0.717) is 0 Å². The summed E-state index contributed by atoms with van der Waals surface area (Å²) in [5.74, 6) is 0. The van der Waals surface area contributed by atoms with Gasteiger partial charge in [0, 0.05) is 0 Å². The van der Waals surface area contributed by atoms with Gasteiger partial charge in [-0.3, -0.25) is 6.08 Å². The summed E-state index contributed by atoms with van der Waals surface area (Å²) in [4.78, 5) is 0. The van der Waals surface area contributed by atoms with Crippen LogP contribution in [-0.2, 0) is 21.0 Å². The third-order valence-electron chi connectivity index (χ3n) is 0.586.